The molecule has 0 aliphatic rings. The van der Waals surface area contributed by atoms with E-state index in [1.807, 2.05) is 0 Å². The molecule has 0 saturated heterocycles. The first-order valence-corrected chi connectivity index (χ1v) is 49.8. The minimum absolute atomic E-state index is 0.0713. The van der Waals surface area contributed by atoms with Crippen LogP contribution in [0.4, 0.5) is 0 Å². The molecule has 18 heteroatoms. The van der Waals surface area contributed by atoms with Gasteiger partial charge in [0.1, 0.15) is 0 Å². The van der Waals surface area contributed by atoms with E-state index in [-0.39, 0.29) is 48.5 Å². The number of nitrogens with zero attached hydrogens (tertiary/aromatic N) is 2. The molecule has 1 aromatic rings. The summed E-state index contributed by atoms with van der Waals surface area (Å²) in [5.74, 6) is -0.924. The summed E-state index contributed by atoms with van der Waals surface area (Å²) in [7, 11) is 0. The molecule has 2 amide bonds. The van der Waals surface area contributed by atoms with Gasteiger partial charge in [-0.2, -0.15) is 0 Å². The Balaban J connectivity index is 2.82. The summed E-state index contributed by atoms with van der Waals surface area (Å²) in [6.07, 6.45) is 74.6. The van der Waals surface area contributed by atoms with E-state index >= 15 is 0 Å². The molecule has 0 bridgehead atoms. The first kappa shape index (κ1) is 113. The quantitative estimate of drug-likeness (QED) is 0.0204. The van der Waals surface area contributed by atoms with Crippen LogP contribution in [-0.4, -0.2) is 163 Å². The molecule has 18 nitrogen and oxygen atoms in total. The largest absolute Gasteiger partial charge is 0.466 e. The number of hydrogen-bond donors (Lipinski definition) is 2. The average Bonchev–Trinajstić information content (AvgIpc) is 0.859. The zero-order valence-corrected chi connectivity index (χ0v) is 78.0. The van der Waals surface area contributed by atoms with Crippen molar-refractivity contribution < 1.29 is 66.7 Å². The van der Waals surface area contributed by atoms with E-state index in [2.05, 4.69) is 111 Å². The van der Waals surface area contributed by atoms with Gasteiger partial charge in [0.2, 0.25) is 0 Å². The van der Waals surface area contributed by atoms with Gasteiger partial charge >= 0.3 is 23.9 Å². The molecule has 0 atom stereocenters. The van der Waals surface area contributed by atoms with E-state index in [4.69, 9.17) is 37.9 Å². The zero-order valence-electron chi connectivity index (χ0n) is 78.0. The summed E-state index contributed by atoms with van der Waals surface area (Å²) in [5.41, 5.74) is 0.925. The van der Waals surface area contributed by atoms with Crippen molar-refractivity contribution in [2.45, 2.75) is 427 Å². The molecule has 0 aliphatic carbocycles. The molecule has 0 aliphatic heterocycles. The van der Waals surface area contributed by atoms with Gasteiger partial charge in [0.25, 0.3) is 11.8 Å². The molecule has 0 spiro atoms. The molecule has 1 rings (SSSR count). The lowest BCUT2D eigenvalue weighted by Gasteiger charge is -2.22. The summed E-state index contributed by atoms with van der Waals surface area (Å²) in [5, 5.41) is 6.28. The molecule has 0 fully saturated rings. The Kier molecular flexibility index (Phi) is 84.6. The normalized spacial score (nSPS) is 11.9. The van der Waals surface area contributed by atoms with Crippen molar-refractivity contribution in [3.05, 3.63) is 84.0 Å². The summed E-state index contributed by atoms with van der Waals surface area (Å²) in [4.78, 5) is 83.0. The Morgan fingerprint density at radius 3 is 0.825 bits per heavy atom. The first-order valence-electron chi connectivity index (χ1n) is 49.8. The maximum Gasteiger partial charge on any atom is 0.305 e. The molecule has 120 heavy (non-hydrogen) atoms. The number of hydrogen-bond acceptors (Lipinski definition) is 16. The van der Waals surface area contributed by atoms with Gasteiger partial charge in [-0.1, -0.05) is 250 Å². The molecule has 2 N–H and O–H groups in total. The molecule has 0 radical (unpaired) electrons. The van der Waals surface area contributed by atoms with Crippen molar-refractivity contribution in [2.75, 3.05) is 105 Å². The summed E-state index contributed by atoms with van der Waals surface area (Å²) in [6, 6.07) is 7.02. The second-order valence-corrected chi connectivity index (χ2v) is 33.1. The summed E-state index contributed by atoms with van der Waals surface area (Å²) >= 11 is 0. The maximum absolute atomic E-state index is 13.7. The Hall–Kier alpha value is -5.24. The van der Waals surface area contributed by atoms with Crippen molar-refractivity contribution >= 4 is 35.7 Å². The highest BCUT2D eigenvalue weighted by Crippen LogP contribution is 2.19. The standard InChI is InChI=1S/C102H182N4O14/c1-7-13-19-25-31-47-57-84-113-95(107)70-51-37-33-39-53-78-105(80-55-41-35-49-59-86-115-97(109)72-74-99(117-88-61-43-27-21-15-9-3)118-89-62-44-28-22-16-10-4)82-66-76-103-101(111)93-68-65-69-94(92-93)102(112)104-77-67-83-106(79-54-40-34-38-52-71-96(108)114-85-58-48-32-26-20-14-8-2)81-56-42-36-50-60-87-116-98(110)73-75-100(119-90-63-45-29-23-17-11-5)120-91-64-46-30-24-18-12-6/h15-18,21-24,65,68-69,92,99-100H,7-14,19-20,25-64,66-67,70-91H2,1-6H3,(H,103,111)(H,104,112)/b21-15-,22-16-,23-17-,24-18-. The lowest BCUT2D eigenvalue weighted by Crippen LogP contribution is -2.32. The number of amides is 2. The van der Waals surface area contributed by atoms with Crippen LogP contribution in [0.2, 0.25) is 0 Å². The number of allylic oxidation sites excluding steroid dienone is 8. The monoisotopic (exact) mass is 1690 g/mol. The van der Waals surface area contributed by atoms with Gasteiger partial charge in [0.05, 0.1) is 39.3 Å². The van der Waals surface area contributed by atoms with Crippen LogP contribution in [0.15, 0.2) is 72.9 Å². The molecule has 0 aromatic heterocycles. The number of carbonyl (C=O) groups excluding carboxylic acids is 6. The Bertz CT molecular complexity index is 2400. The Labute approximate surface area is 734 Å². The number of rotatable bonds is 92. The van der Waals surface area contributed by atoms with Crippen molar-refractivity contribution in [2.24, 2.45) is 0 Å². The highest BCUT2D eigenvalue weighted by molar-refractivity contribution is 5.99. The van der Waals surface area contributed by atoms with Gasteiger partial charge in [-0.15, -0.1) is 0 Å². The number of carbonyl (C=O) groups is 6. The minimum atomic E-state index is -0.403. The topological polar surface area (TPSA) is 207 Å². The highest BCUT2D eigenvalue weighted by Gasteiger charge is 2.18. The number of esters is 4. The Morgan fingerprint density at radius 2 is 0.533 bits per heavy atom. The predicted molar refractivity (Wildman–Crippen MR) is 498 cm³/mol. The molecule has 1 aromatic carbocycles. The Morgan fingerprint density at radius 1 is 0.283 bits per heavy atom. The van der Waals surface area contributed by atoms with Crippen LogP contribution in [0.25, 0.3) is 0 Å². The van der Waals surface area contributed by atoms with Gasteiger partial charge in [0, 0.05) is 76.3 Å². The second kappa shape index (κ2) is 90.0. The van der Waals surface area contributed by atoms with Crippen molar-refractivity contribution in [1.82, 2.24) is 20.4 Å². The third-order valence-corrected chi connectivity index (χ3v) is 21.8. The van der Waals surface area contributed by atoms with E-state index in [1.165, 1.54) is 64.2 Å². The van der Waals surface area contributed by atoms with E-state index in [0.717, 1.165) is 309 Å². The van der Waals surface area contributed by atoms with E-state index in [0.29, 0.717) is 103 Å². The minimum Gasteiger partial charge on any atom is -0.466 e. The van der Waals surface area contributed by atoms with Crippen molar-refractivity contribution in [1.29, 1.82) is 0 Å². The predicted octanol–water partition coefficient (Wildman–Crippen LogP) is 25.6. The SMILES string of the molecule is CC/C=C\CCCCOC(CCC(=O)OCCCCCCCN(CCCCCCCC(=O)OCCCCCCCCC)CCCNC(=O)c1cccc(C(=O)NCCCN(CCCCCCCOC(=O)CCC(OCCCC/C=C\CC)OCCCC/C=C\CC)CCCCCCCC(=O)OCCCCCCCCC)c1)OCCCC/C=C\CC. The average molecular weight is 1690 g/mol. The highest BCUT2D eigenvalue weighted by atomic mass is 16.7. The van der Waals surface area contributed by atoms with Crippen LogP contribution < -0.4 is 10.6 Å². The van der Waals surface area contributed by atoms with Gasteiger partial charge < -0.3 is 58.3 Å². The maximum atomic E-state index is 13.7. The smallest absolute Gasteiger partial charge is 0.305 e. The van der Waals surface area contributed by atoms with Crippen molar-refractivity contribution in [3.8, 4) is 0 Å². The molecule has 0 saturated carbocycles. The van der Waals surface area contributed by atoms with Gasteiger partial charge in [-0.05, 0) is 237 Å². The fourth-order valence-corrected chi connectivity index (χ4v) is 14.4. The lowest BCUT2D eigenvalue weighted by atomic mass is 10.1. The molecule has 0 unspecified atom stereocenters. The van der Waals surface area contributed by atoms with Crippen LogP contribution in [0.3, 0.4) is 0 Å². The second-order valence-electron chi connectivity index (χ2n) is 33.1. The molecule has 0 heterocycles. The van der Waals surface area contributed by atoms with E-state index < -0.39 is 12.6 Å². The van der Waals surface area contributed by atoms with Crippen molar-refractivity contribution in [3.63, 3.8) is 0 Å². The zero-order chi connectivity index (χ0) is 86.8. The third-order valence-electron chi connectivity index (χ3n) is 21.8. The van der Waals surface area contributed by atoms with E-state index in [9.17, 15) is 28.8 Å². The van der Waals surface area contributed by atoms with Crippen LogP contribution in [0, 0.1) is 0 Å². The van der Waals surface area contributed by atoms with Gasteiger partial charge in [0.15, 0.2) is 12.6 Å². The fraction of sp³-hybridized carbons (Fsp3) is 0.804. The molecule has 694 valence electrons. The number of nitrogens with one attached hydrogen (secondary N) is 2. The number of benzene rings is 1. The fourth-order valence-electron chi connectivity index (χ4n) is 14.4. The van der Waals surface area contributed by atoms with Gasteiger partial charge in [-0.3, -0.25) is 28.8 Å². The van der Waals surface area contributed by atoms with Crippen LogP contribution >= 0.6 is 0 Å². The van der Waals surface area contributed by atoms with Gasteiger partial charge in [-0.25, -0.2) is 0 Å². The summed E-state index contributed by atoms with van der Waals surface area (Å²) in [6.45, 7) is 24.1. The third kappa shape index (κ3) is 77.6. The first-order chi connectivity index (χ1) is 59.0. The number of unbranched alkanes of at least 4 members (excludes halogenated alkanes) is 36. The van der Waals surface area contributed by atoms with Crippen LogP contribution in [0.5, 0.6) is 0 Å². The molecular weight excluding hydrogens is 1510 g/mol. The lowest BCUT2D eigenvalue weighted by molar-refractivity contribution is -0.159. The van der Waals surface area contributed by atoms with Crippen LogP contribution in [0.1, 0.15) is 435 Å². The van der Waals surface area contributed by atoms with E-state index in [1.54, 1.807) is 24.3 Å². The number of ether oxygens (including phenoxy) is 8. The van der Waals surface area contributed by atoms with Crippen LogP contribution in [-0.2, 0) is 57.1 Å². The summed E-state index contributed by atoms with van der Waals surface area (Å²) < 4.78 is 47.0. The molecular formula is C102H182N4O14.